The minimum Gasteiger partial charge on any atom is -0.268 e. The number of alkyl halides is 3. The van der Waals surface area contributed by atoms with Gasteiger partial charge in [0.05, 0.1) is 4.24 Å². The summed E-state index contributed by atoms with van der Waals surface area (Å²) in [7, 11) is 0. The highest BCUT2D eigenvalue weighted by Gasteiger charge is 2.43. The molecule has 0 radical (unpaired) electrons. The fraction of sp³-hybridized carbons (Fsp3) is 0.312. The van der Waals surface area contributed by atoms with Gasteiger partial charge in [0, 0.05) is 28.4 Å². The number of rotatable bonds is 2. The van der Waals surface area contributed by atoms with Gasteiger partial charge in [-0.2, -0.15) is 0 Å². The van der Waals surface area contributed by atoms with Crippen molar-refractivity contribution in [3.63, 3.8) is 0 Å². The number of urea groups is 1. The summed E-state index contributed by atoms with van der Waals surface area (Å²) in [6.45, 7) is 3.77. The summed E-state index contributed by atoms with van der Waals surface area (Å²) in [5, 5.41) is 0. The molecule has 0 unspecified atom stereocenters. The number of carbonyl (C=O) groups excluding carboxylic acids is 3. The van der Waals surface area contributed by atoms with Gasteiger partial charge in [-0.3, -0.25) is 19.4 Å². The molecule has 138 valence electrons. The van der Waals surface area contributed by atoms with Crippen LogP contribution in [0.1, 0.15) is 19.4 Å². The van der Waals surface area contributed by atoms with Gasteiger partial charge in [0.25, 0.3) is 11.8 Å². The summed E-state index contributed by atoms with van der Waals surface area (Å²) >= 11 is 20.4. The van der Waals surface area contributed by atoms with Crippen LogP contribution in [0.2, 0.25) is 0 Å². The molecule has 2 aliphatic heterocycles. The van der Waals surface area contributed by atoms with E-state index >= 15 is 0 Å². The van der Waals surface area contributed by atoms with Crippen LogP contribution in [0.5, 0.6) is 0 Å². The zero-order valence-electron chi connectivity index (χ0n) is 13.7. The van der Waals surface area contributed by atoms with Crippen LogP contribution in [0.3, 0.4) is 0 Å². The van der Waals surface area contributed by atoms with E-state index in [4.69, 9.17) is 34.8 Å². The SMILES string of the molecule is CCN1C(=O)C(=C2Sc3ccc(C(Cl)(Cl)Cl)cc3S2)C(=O)N(CC)C1=O. The number of nitrogens with zero attached hydrogens (tertiary/aromatic N) is 2. The van der Waals surface area contributed by atoms with E-state index in [9.17, 15) is 14.4 Å². The summed E-state index contributed by atoms with van der Waals surface area (Å²) in [6, 6.07) is 4.62. The van der Waals surface area contributed by atoms with Crippen LogP contribution in [0, 0.1) is 0 Å². The number of fused-ring (bicyclic) bond motifs is 1. The minimum atomic E-state index is -1.56. The highest BCUT2D eigenvalue weighted by atomic mass is 35.6. The van der Waals surface area contributed by atoms with Gasteiger partial charge >= 0.3 is 6.03 Å². The van der Waals surface area contributed by atoms with E-state index in [1.165, 1.54) is 23.5 Å². The fourth-order valence-corrected chi connectivity index (χ4v) is 5.50. The molecule has 0 aromatic heterocycles. The number of likely N-dealkylation sites (N-methyl/N-ethyl adjacent to an activating group) is 2. The zero-order valence-corrected chi connectivity index (χ0v) is 17.6. The number of hydrogen-bond acceptors (Lipinski definition) is 5. The molecule has 2 aliphatic rings. The second kappa shape index (κ2) is 7.28. The average Bonchev–Trinajstić information content (AvgIpc) is 2.97. The lowest BCUT2D eigenvalue weighted by atomic mass is 10.2. The van der Waals surface area contributed by atoms with Crippen LogP contribution in [0.15, 0.2) is 37.8 Å². The summed E-state index contributed by atoms with van der Waals surface area (Å²) in [5.74, 6) is -1.15. The molecule has 1 aromatic rings. The van der Waals surface area contributed by atoms with Crippen LogP contribution in [0.4, 0.5) is 4.79 Å². The molecule has 0 aliphatic carbocycles. The smallest absolute Gasteiger partial charge is 0.268 e. The molecule has 5 nitrogen and oxygen atoms in total. The lowest BCUT2D eigenvalue weighted by Crippen LogP contribution is -2.56. The average molecular weight is 452 g/mol. The number of hydrogen-bond donors (Lipinski definition) is 0. The maximum atomic E-state index is 12.7. The van der Waals surface area contributed by atoms with E-state index in [-0.39, 0.29) is 18.7 Å². The number of thioether (sulfide) groups is 2. The number of barbiturate groups is 1. The Balaban J connectivity index is 2.03. The quantitative estimate of drug-likeness (QED) is 0.369. The second-order valence-electron chi connectivity index (χ2n) is 5.41. The number of carbonyl (C=O) groups is 3. The Morgan fingerprint density at radius 3 is 1.96 bits per heavy atom. The topological polar surface area (TPSA) is 57.7 Å². The van der Waals surface area contributed by atoms with Crippen molar-refractivity contribution < 1.29 is 14.4 Å². The molecule has 0 atom stereocenters. The van der Waals surface area contributed by atoms with Crippen molar-refractivity contribution in [2.75, 3.05) is 13.1 Å². The van der Waals surface area contributed by atoms with Crippen molar-refractivity contribution in [3.05, 3.63) is 33.6 Å². The van der Waals surface area contributed by atoms with Crippen molar-refractivity contribution in [3.8, 4) is 0 Å². The molecule has 0 saturated carbocycles. The second-order valence-corrected chi connectivity index (χ2v) is 10.1. The van der Waals surface area contributed by atoms with Crippen molar-refractivity contribution in [2.24, 2.45) is 0 Å². The van der Waals surface area contributed by atoms with E-state index in [1.807, 2.05) is 0 Å². The molecule has 1 fully saturated rings. The minimum absolute atomic E-state index is 0.00920. The normalized spacial score (nSPS) is 18.1. The van der Waals surface area contributed by atoms with Crippen molar-refractivity contribution in [2.45, 2.75) is 27.4 Å². The molecule has 3 rings (SSSR count). The largest absolute Gasteiger partial charge is 0.333 e. The van der Waals surface area contributed by atoms with Crippen molar-refractivity contribution in [1.82, 2.24) is 9.80 Å². The van der Waals surface area contributed by atoms with Gasteiger partial charge in [-0.15, -0.1) is 0 Å². The van der Waals surface area contributed by atoms with Gasteiger partial charge in [0.2, 0.25) is 3.79 Å². The molecule has 4 amide bonds. The molecule has 10 heteroatoms. The van der Waals surface area contributed by atoms with E-state index in [0.29, 0.717) is 9.80 Å². The number of benzene rings is 1. The molecule has 1 saturated heterocycles. The Hall–Kier alpha value is -0.860. The van der Waals surface area contributed by atoms with Gasteiger partial charge < -0.3 is 0 Å². The molecule has 26 heavy (non-hydrogen) atoms. The van der Waals surface area contributed by atoms with Crippen LogP contribution in [-0.2, 0) is 13.4 Å². The standard InChI is InChI=1S/C16H13Cl3N2O3S2/c1-3-20-12(22)11(13(23)21(4-2)15(20)24)14-25-9-6-5-8(16(17,18)19)7-10(9)26-14/h5-7H,3-4H2,1-2H3. The van der Waals surface area contributed by atoms with Crippen LogP contribution >= 0.6 is 58.3 Å². The maximum Gasteiger partial charge on any atom is 0.333 e. The molecule has 0 bridgehead atoms. The summed E-state index contributed by atoms with van der Waals surface area (Å²) in [6.07, 6.45) is 0. The van der Waals surface area contributed by atoms with E-state index in [2.05, 4.69) is 0 Å². The monoisotopic (exact) mass is 450 g/mol. The van der Waals surface area contributed by atoms with Crippen molar-refractivity contribution >= 4 is 76.2 Å². The first-order chi connectivity index (χ1) is 12.2. The molecular weight excluding hydrogens is 439 g/mol. The Labute approximate surface area is 174 Å². The number of halogens is 3. The Morgan fingerprint density at radius 1 is 0.923 bits per heavy atom. The van der Waals surface area contributed by atoms with E-state index < -0.39 is 21.6 Å². The number of amides is 4. The first kappa shape index (κ1) is 19.9. The van der Waals surface area contributed by atoms with Crippen molar-refractivity contribution in [1.29, 1.82) is 0 Å². The first-order valence-corrected chi connectivity index (χ1v) is 10.4. The Kier molecular flexibility index (Phi) is 5.57. The van der Waals surface area contributed by atoms with Crippen LogP contribution < -0.4 is 0 Å². The molecule has 0 spiro atoms. The molecule has 1 aromatic carbocycles. The van der Waals surface area contributed by atoms with Crippen LogP contribution in [-0.4, -0.2) is 40.7 Å². The van der Waals surface area contributed by atoms with Gasteiger partial charge in [0.15, 0.2) is 0 Å². The van der Waals surface area contributed by atoms with Gasteiger partial charge in [-0.05, 0) is 26.0 Å². The Bertz CT molecular complexity index is 824. The van der Waals surface area contributed by atoms with Gasteiger partial charge in [-0.1, -0.05) is 64.4 Å². The first-order valence-electron chi connectivity index (χ1n) is 7.67. The highest BCUT2D eigenvalue weighted by Crippen LogP contribution is 2.54. The molecular formula is C16H13Cl3N2O3S2. The third kappa shape index (κ3) is 3.36. The van der Waals surface area contributed by atoms with Crippen LogP contribution in [0.25, 0.3) is 0 Å². The molecule has 2 heterocycles. The predicted octanol–water partition coefficient (Wildman–Crippen LogP) is 4.75. The molecule has 0 N–H and O–H groups in total. The van der Waals surface area contributed by atoms with Gasteiger partial charge in [0.1, 0.15) is 5.57 Å². The summed E-state index contributed by atoms with van der Waals surface area (Å²) in [4.78, 5) is 41.5. The maximum absolute atomic E-state index is 12.7. The Morgan fingerprint density at radius 2 is 1.46 bits per heavy atom. The highest BCUT2D eigenvalue weighted by molar-refractivity contribution is 8.24. The van der Waals surface area contributed by atoms with Gasteiger partial charge in [-0.25, -0.2) is 4.79 Å². The summed E-state index contributed by atoms with van der Waals surface area (Å²) < 4.78 is -1.03. The zero-order chi connectivity index (χ0) is 19.2. The lowest BCUT2D eigenvalue weighted by molar-refractivity contribution is -0.135. The lowest BCUT2D eigenvalue weighted by Gasteiger charge is -2.33. The number of imide groups is 2. The van der Waals surface area contributed by atoms with E-state index in [0.717, 1.165) is 19.6 Å². The summed E-state index contributed by atoms with van der Waals surface area (Å²) in [5.41, 5.74) is 0.511. The van der Waals surface area contributed by atoms with E-state index in [1.54, 1.807) is 32.0 Å². The fourth-order valence-electron chi connectivity index (χ4n) is 2.58. The predicted molar refractivity (Wildman–Crippen MR) is 105 cm³/mol. The third-order valence-electron chi connectivity index (χ3n) is 3.89. The third-order valence-corrected chi connectivity index (χ3v) is 7.09.